The van der Waals surface area contributed by atoms with E-state index >= 15 is 0 Å². The van der Waals surface area contributed by atoms with Gasteiger partial charge in [0.25, 0.3) is 0 Å². The molecule has 1 N–H and O–H groups in total. The molecule has 13 heavy (non-hydrogen) atoms. The van der Waals surface area contributed by atoms with E-state index in [1.54, 1.807) is 0 Å². The van der Waals surface area contributed by atoms with E-state index in [0.717, 1.165) is 11.1 Å². The molecular weight excluding hydrogens is 162 g/mol. The van der Waals surface area contributed by atoms with Crippen LogP contribution < -0.4 is 0 Å². The SMILES string of the molecule is N#CCc1ccc(C#CCO)cc1. The minimum absolute atomic E-state index is 0.125. The van der Waals surface area contributed by atoms with Gasteiger partial charge in [0.15, 0.2) is 0 Å². The molecule has 0 aliphatic carbocycles. The fourth-order valence-electron chi connectivity index (χ4n) is 0.939. The Morgan fingerprint density at radius 1 is 1.23 bits per heavy atom. The third kappa shape index (κ3) is 2.99. The Morgan fingerprint density at radius 2 is 1.92 bits per heavy atom. The quantitative estimate of drug-likeness (QED) is 0.643. The molecule has 0 spiro atoms. The van der Waals surface area contributed by atoms with Crippen molar-refractivity contribution in [2.45, 2.75) is 6.42 Å². The highest BCUT2D eigenvalue weighted by Crippen LogP contribution is 2.03. The lowest BCUT2D eigenvalue weighted by Gasteiger charge is -1.93. The molecule has 1 aromatic carbocycles. The van der Waals surface area contributed by atoms with Crippen molar-refractivity contribution in [3.63, 3.8) is 0 Å². The van der Waals surface area contributed by atoms with Crippen molar-refractivity contribution in [2.24, 2.45) is 0 Å². The maximum Gasteiger partial charge on any atom is 0.104 e. The fraction of sp³-hybridized carbons (Fsp3) is 0.182. The third-order valence-corrected chi connectivity index (χ3v) is 1.55. The molecule has 0 saturated carbocycles. The summed E-state index contributed by atoms with van der Waals surface area (Å²) in [7, 11) is 0. The van der Waals surface area contributed by atoms with Crippen molar-refractivity contribution in [1.29, 1.82) is 5.26 Å². The van der Waals surface area contributed by atoms with Gasteiger partial charge in [-0.15, -0.1) is 0 Å². The first-order valence-corrected chi connectivity index (χ1v) is 3.92. The minimum Gasteiger partial charge on any atom is -0.384 e. The molecule has 64 valence electrons. The average molecular weight is 171 g/mol. The molecule has 1 aromatic rings. The predicted octanol–water partition coefficient (Wildman–Crippen LogP) is 1.10. The van der Waals surface area contributed by atoms with E-state index < -0.39 is 0 Å². The van der Waals surface area contributed by atoms with Crippen molar-refractivity contribution < 1.29 is 5.11 Å². The van der Waals surface area contributed by atoms with Crippen LogP contribution in [-0.2, 0) is 6.42 Å². The molecule has 0 atom stereocenters. The molecule has 2 nitrogen and oxygen atoms in total. The first-order chi connectivity index (χ1) is 6.36. The maximum absolute atomic E-state index is 8.45. The number of nitriles is 1. The van der Waals surface area contributed by atoms with Gasteiger partial charge in [0.05, 0.1) is 12.5 Å². The van der Waals surface area contributed by atoms with E-state index in [1.165, 1.54) is 0 Å². The molecule has 0 aromatic heterocycles. The Bertz CT molecular complexity index is 362. The lowest BCUT2D eigenvalue weighted by molar-refractivity contribution is 0.350. The van der Waals surface area contributed by atoms with Crippen molar-refractivity contribution in [3.05, 3.63) is 35.4 Å². The van der Waals surface area contributed by atoms with E-state index in [1.807, 2.05) is 24.3 Å². The summed E-state index contributed by atoms with van der Waals surface area (Å²) >= 11 is 0. The van der Waals surface area contributed by atoms with Crippen molar-refractivity contribution >= 4 is 0 Å². The minimum atomic E-state index is -0.125. The monoisotopic (exact) mass is 171 g/mol. The molecule has 0 radical (unpaired) electrons. The van der Waals surface area contributed by atoms with E-state index in [0.29, 0.717) is 6.42 Å². The zero-order valence-electron chi connectivity index (χ0n) is 7.12. The lowest BCUT2D eigenvalue weighted by Crippen LogP contribution is -1.82. The molecule has 0 aliphatic heterocycles. The molecule has 0 fully saturated rings. The molecule has 2 heteroatoms. The van der Waals surface area contributed by atoms with Crippen molar-refractivity contribution in [2.75, 3.05) is 6.61 Å². The van der Waals surface area contributed by atoms with Gasteiger partial charge in [-0.3, -0.25) is 0 Å². The van der Waals surface area contributed by atoms with E-state index in [4.69, 9.17) is 10.4 Å². The van der Waals surface area contributed by atoms with Crippen molar-refractivity contribution in [1.82, 2.24) is 0 Å². The average Bonchev–Trinajstić information content (AvgIpc) is 2.17. The second kappa shape index (κ2) is 4.98. The van der Waals surface area contributed by atoms with Gasteiger partial charge in [-0.1, -0.05) is 24.0 Å². The fourth-order valence-corrected chi connectivity index (χ4v) is 0.939. The number of rotatable bonds is 1. The summed E-state index contributed by atoms with van der Waals surface area (Å²) in [5.41, 5.74) is 1.84. The van der Waals surface area contributed by atoms with Crippen LogP contribution >= 0.6 is 0 Å². The molecule has 0 unspecified atom stereocenters. The summed E-state index contributed by atoms with van der Waals surface area (Å²) in [6.45, 7) is -0.125. The Morgan fingerprint density at radius 3 is 2.46 bits per heavy atom. The summed E-state index contributed by atoms with van der Waals surface area (Å²) in [6.07, 6.45) is 0.424. The standard InChI is InChI=1S/C11H9NO/c12-8-7-11-5-3-10(4-6-11)2-1-9-13/h3-6,13H,7,9H2. The van der Waals surface area contributed by atoms with Gasteiger partial charge in [-0.25, -0.2) is 0 Å². The second-order valence-electron chi connectivity index (χ2n) is 2.49. The molecule has 0 heterocycles. The first kappa shape index (κ1) is 9.32. The highest BCUT2D eigenvalue weighted by molar-refractivity contribution is 5.36. The van der Waals surface area contributed by atoms with Crippen LogP contribution in [0, 0.1) is 23.2 Å². The van der Waals surface area contributed by atoms with Crippen LogP contribution in [0.4, 0.5) is 0 Å². The van der Waals surface area contributed by atoms with Crippen LogP contribution in [0.15, 0.2) is 24.3 Å². The van der Waals surface area contributed by atoms with Gasteiger partial charge < -0.3 is 5.11 Å². The number of hydrogen-bond donors (Lipinski definition) is 1. The maximum atomic E-state index is 8.45. The largest absolute Gasteiger partial charge is 0.384 e. The Kier molecular flexibility index (Phi) is 3.57. The van der Waals surface area contributed by atoms with Crippen LogP contribution in [0.25, 0.3) is 0 Å². The van der Waals surface area contributed by atoms with E-state index in [9.17, 15) is 0 Å². The lowest BCUT2D eigenvalue weighted by atomic mass is 10.1. The summed E-state index contributed by atoms with van der Waals surface area (Å²) < 4.78 is 0. The van der Waals surface area contributed by atoms with Gasteiger partial charge in [0, 0.05) is 5.56 Å². The second-order valence-corrected chi connectivity index (χ2v) is 2.49. The summed E-state index contributed by atoms with van der Waals surface area (Å²) in [5.74, 6) is 5.34. The third-order valence-electron chi connectivity index (χ3n) is 1.55. The molecule has 1 rings (SSSR count). The zero-order valence-corrected chi connectivity index (χ0v) is 7.12. The summed E-state index contributed by atoms with van der Waals surface area (Å²) in [6, 6.07) is 9.49. The van der Waals surface area contributed by atoms with Crippen LogP contribution in [0.3, 0.4) is 0 Å². The van der Waals surface area contributed by atoms with Crippen LogP contribution in [0.5, 0.6) is 0 Å². The molecule has 0 amide bonds. The summed E-state index contributed by atoms with van der Waals surface area (Å²) in [4.78, 5) is 0. The van der Waals surface area contributed by atoms with Crippen molar-refractivity contribution in [3.8, 4) is 17.9 Å². The number of aliphatic hydroxyl groups excluding tert-OH is 1. The number of nitrogens with zero attached hydrogens (tertiary/aromatic N) is 1. The van der Waals surface area contributed by atoms with Gasteiger partial charge in [-0.2, -0.15) is 5.26 Å². The molecule has 0 aliphatic rings. The van der Waals surface area contributed by atoms with Crippen LogP contribution in [-0.4, -0.2) is 11.7 Å². The van der Waals surface area contributed by atoms with E-state index in [-0.39, 0.29) is 6.61 Å². The van der Waals surface area contributed by atoms with Gasteiger partial charge in [0.1, 0.15) is 6.61 Å². The number of benzene rings is 1. The topological polar surface area (TPSA) is 44.0 Å². The Labute approximate surface area is 77.4 Å². The van der Waals surface area contributed by atoms with Gasteiger partial charge in [0.2, 0.25) is 0 Å². The Balaban J connectivity index is 2.76. The van der Waals surface area contributed by atoms with Crippen LogP contribution in [0.2, 0.25) is 0 Å². The number of aliphatic hydroxyl groups is 1. The smallest absolute Gasteiger partial charge is 0.104 e. The first-order valence-electron chi connectivity index (χ1n) is 3.92. The zero-order chi connectivity index (χ0) is 9.52. The van der Waals surface area contributed by atoms with Gasteiger partial charge >= 0.3 is 0 Å². The van der Waals surface area contributed by atoms with Gasteiger partial charge in [-0.05, 0) is 17.7 Å². The predicted molar refractivity (Wildman–Crippen MR) is 49.7 cm³/mol. The Hall–Kier alpha value is -1.77. The molecule has 0 bridgehead atoms. The molecular formula is C11H9NO. The van der Waals surface area contributed by atoms with Crippen LogP contribution in [0.1, 0.15) is 11.1 Å². The number of hydrogen-bond acceptors (Lipinski definition) is 2. The highest BCUT2D eigenvalue weighted by Gasteiger charge is 1.90. The molecule has 0 saturated heterocycles. The summed E-state index contributed by atoms with van der Waals surface area (Å²) in [5, 5.41) is 16.9. The highest BCUT2D eigenvalue weighted by atomic mass is 16.2. The normalized spacial score (nSPS) is 8.31. The van der Waals surface area contributed by atoms with E-state index in [2.05, 4.69) is 17.9 Å².